The molecule has 1 aromatic carbocycles. The Kier molecular flexibility index (Phi) is 5.99. The van der Waals surface area contributed by atoms with Crippen LogP contribution in [0, 0.1) is 11.3 Å². The van der Waals surface area contributed by atoms with Crippen molar-refractivity contribution in [3.05, 3.63) is 30.3 Å². The Labute approximate surface area is 102 Å². The molecule has 0 aromatic heterocycles. The average molecular weight is 234 g/mol. The molecule has 0 aliphatic heterocycles. The summed E-state index contributed by atoms with van der Waals surface area (Å²) in [6.07, 6.45) is 0. The minimum absolute atomic E-state index is 0.0141. The summed E-state index contributed by atoms with van der Waals surface area (Å²) in [5.74, 6) is 0.836. The Morgan fingerprint density at radius 2 is 1.88 bits per heavy atom. The third kappa shape index (κ3) is 3.88. The van der Waals surface area contributed by atoms with E-state index in [1.54, 1.807) is 11.8 Å². The second-order valence-corrected chi connectivity index (χ2v) is 4.58. The van der Waals surface area contributed by atoms with Gasteiger partial charge in [0.05, 0.1) is 6.07 Å². The van der Waals surface area contributed by atoms with E-state index in [-0.39, 0.29) is 6.04 Å². The molecule has 16 heavy (non-hydrogen) atoms. The molecule has 0 heterocycles. The third-order valence-corrected chi connectivity index (χ3v) is 3.64. The molecule has 3 heteroatoms. The normalized spacial score (nSPS) is 12.4. The number of hydrogen-bond donors (Lipinski definition) is 0. The summed E-state index contributed by atoms with van der Waals surface area (Å²) in [4.78, 5) is 3.42. The van der Waals surface area contributed by atoms with E-state index in [0.29, 0.717) is 0 Å². The zero-order chi connectivity index (χ0) is 11.8. The molecule has 0 radical (unpaired) electrons. The van der Waals surface area contributed by atoms with Gasteiger partial charge in [0.1, 0.15) is 6.04 Å². The number of benzene rings is 1. The van der Waals surface area contributed by atoms with Gasteiger partial charge in [-0.1, -0.05) is 32.0 Å². The number of thioether (sulfide) groups is 1. The van der Waals surface area contributed by atoms with Crippen LogP contribution in [0.1, 0.15) is 13.8 Å². The van der Waals surface area contributed by atoms with Crippen molar-refractivity contribution >= 4 is 11.8 Å². The Balaban J connectivity index is 2.49. The van der Waals surface area contributed by atoms with E-state index in [2.05, 4.69) is 36.9 Å². The summed E-state index contributed by atoms with van der Waals surface area (Å²) in [5, 5.41) is 9.13. The molecule has 0 saturated carbocycles. The van der Waals surface area contributed by atoms with Crippen LogP contribution in [0.2, 0.25) is 0 Å². The average Bonchev–Trinajstić information content (AvgIpc) is 2.35. The topological polar surface area (TPSA) is 27.0 Å². The molecule has 1 aromatic rings. The summed E-state index contributed by atoms with van der Waals surface area (Å²) in [6, 6.07) is 12.6. The number of nitriles is 1. The predicted octanol–water partition coefficient (Wildman–Crippen LogP) is 3.01. The monoisotopic (exact) mass is 234 g/mol. The number of rotatable bonds is 6. The molecule has 0 aliphatic rings. The summed E-state index contributed by atoms with van der Waals surface area (Å²) < 4.78 is 0. The molecule has 0 bridgehead atoms. The molecule has 0 aliphatic carbocycles. The van der Waals surface area contributed by atoms with E-state index in [0.717, 1.165) is 18.8 Å². The van der Waals surface area contributed by atoms with E-state index < -0.39 is 0 Å². The summed E-state index contributed by atoms with van der Waals surface area (Å²) >= 11 is 1.75. The maximum absolute atomic E-state index is 9.13. The fraction of sp³-hybridized carbons (Fsp3) is 0.462. The van der Waals surface area contributed by atoms with Crippen molar-refractivity contribution in [1.82, 2.24) is 4.90 Å². The van der Waals surface area contributed by atoms with Crippen molar-refractivity contribution in [2.45, 2.75) is 24.8 Å². The van der Waals surface area contributed by atoms with Gasteiger partial charge in [-0.2, -0.15) is 5.26 Å². The van der Waals surface area contributed by atoms with Gasteiger partial charge in [-0.15, -0.1) is 11.8 Å². The van der Waals surface area contributed by atoms with Crippen LogP contribution in [0.3, 0.4) is 0 Å². The van der Waals surface area contributed by atoms with Crippen LogP contribution < -0.4 is 0 Å². The van der Waals surface area contributed by atoms with Crippen molar-refractivity contribution in [2.75, 3.05) is 18.8 Å². The smallest absolute Gasteiger partial charge is 0.107 e. The van der Waals surface area contributed by atoms with Gasteiger partial charge < -0.3 is 0 Å². The molecule has 1 unspecified atom stereocenters. The maximum Gasteiger partial charge on any atom is 0.107 e. The van der Waals surface area contributed by atoms with Gasteiger partial charge in [-0.05, 0) is 25.2 Å². The van der Waals surface area contributed by atoms with E-state index >= 15 is 0 Å². The van der Waals surface area contributed by atoms with E-state index in [1.807, 2.05) is 18.2 Å². The minimum atomic E-state index is 0.0141. The molecular weight excluding hydrogens is 216 g/mol. The van der Waals surface area contributed by atoms with Crippen LogP contribution in [-0.4, -0.2) is 29.8 Å². The molecular formula is C13H18N2S. The molecule has 0 saturated heterocycles. The van der Waals surface area contributed by atoms with Crippen LogP contribution in [-0.2, 0) is 0 Å². The molecule has 0 spiro atoms. The molecule has 0 N–H and O–H groups in total. The third-order valence-electron chi connectivity index (χ3n) is 2.55. The summed E-state index contributed by atoms with van der Waals surface area (Å²) in [6.45, 7) is 6.07. The van der Waals surface area contributed by atoms with Gasteiger partial charge in [0.2, 0.25) is 0 Å². The SMILES string of the molecule is CCN(CC)C(C#N)CSc1ccccc1. The van der Waals surface area contributed by atoms with Gasteiger partial charge in [-0.3, -0.25) is 4.90 Å². The van der Waals surface area contributed by atoms with Crippen molar-refractivity contribution in [3.63, 3.8) is 0 Å². The van der Waals surface area contributed by atoms with E-state index in [9.17, 15) is 0 Å². The van der Waals surface area contributed by atoms with Crippen LogP contribution in [0.4, 0.5) is 0 Å². The Hall–Kier alpha value is -0.980. The zero-order valence-electron chi connectivity index (χ0n) is 9.89. The van der Waals surface area contributed by atoms with E-state index in [1.165, 1.54) is 4.90 Å². The lowest BCUT2D eigenvalue weighted by Gasteiger charge is -2.23. The van der Waals surface area contributed by atoms with Gasteiger partial charge in [-0.25, -0.2) is 0 Å². The maximum atomic E-state index is 9.13. The van der Waals surface area contributed by atoms with Crippen molar-refractivity contribution in [1.29, 1.82) is 5.26 Å². The van der Waals surface area contributed by atoms with Gasteiger partial charge in [0, 0.05) is 10.6 Å². The molecule has 2 nitrogen and oxygen atoms in total. The summed E-state index contributed by atoms with van der Waals surface area (Å²) in [5.41, 5.74) is 0. The van der Waals surface area contributed by atoms with Crippen LogP contribution >= 0.6 is 11.8 Å². The molecule has 86 valence electrons. The highest BCUT2D eigenvalue weighted by atomic mass is 32.2. The molecule has 1 atom stereocenters. The first-order valence-corrected chi connectivity index (χ1v) is 6.61. The largest absolute Gasteiger partial charge is 0.288 e. The fourth-order valence-electron chi connectivity index (χ4n) is 1.58. The van der Waals surface area contributed by atoms with Crippen molar-refractivity contribution in [2.24, 2.45) is 0 Å². The lowest BCUT2D eigenvalue weighted by Crippen LogP contribution is -2.35. The van der Waals surface area contributed by atoms with Gasteiger partial charge in [0.15, 0.2) is 0 Å². The number of hydrogen-bond acceptors (Lipinski definition) is 3. The highest BCUT2D eigenvalue weighted by molar-refractivity contribution is 7.99. The van der Waals surface area contributed by atoms with Crippen LogP contribution in [0.15, 0.2) is 35.2 Å². The minimum Gasteiger partial charge on any atom is -0.288 e. The van der Waals surface area contributed by atoms with Gasteiger partial charge >= 0.3 is 0 Å². The predicted molar refractivity (Wildman–Crippen MR) is 69.5 cm³/mol. The first kappa shape index (κ1) is 13.1. The van der Waals surface area contributed by atoms with Gasteiger partial charge in [0.25, 0.3) is 0 Å². The Morgan fingerprint density at radius 1 is 1.25 bits per heavy atom. The van der Waals surface area contributed by atoms with Crippen molar-refractivity contribution < 1.29 is 0 Å². The highest BCUT2D eigenvalue weighted by Gasteiger charge is 2.14. The Morgan fingerprint density at radius 3 is 2.38 bits per heavy atom. The second-order valence-electron chi connectivity index (χ2n) is 3.49. The summed E-state index contributed by atoms with van der Waals surface area (Å²) in [7, 11) is 0. The highest BCUT2D eigenvalue weighted by Crippen LogP contribution is 2.19. The first-order chi connectivity index (χ1) is 7.81. The number of nitrogens with zero attached hydrogens (tertiary/aromatic N) is 2. The fourth-order valence-corrected chi connectivity index (χ4v) is 2.57. The zero-order valence-corrected chi connectivity index (χ0v) is 10.7. The Bertz CT molecular complexity index is 328. The quantitative estimate of drug-likeness (QED) is 0.708. The first-order valence-electron chi connectivity index (χ1n) is 5.63. The van der Waals surface area contributed by atoms with Crippen LogP contribution in [0.5, 0.6) is 0 Å². The standard InChI is InChI=1S/C13H18N2S/c1-3-15(4-2)12(10-14)11-16-13-8-6-5-7-9-13/h5-9,12H,3-4,11H2,1-2H3. The lowest BCUT2D eigenvalue weighted by molar-refractivity contribution is 0.276. The second kappa shape index (κ2) is 7.32. The lowest BCUT2D eigenvalue weighted by atomic mass is 10.3. The van der Waals surface area contributed by atoms with E-state index in [4.69, 9.17) is 5.26 Å². The molecule has 0 amide bonds. The molecule has 1 rings (SSSR count). The molecule has 0 fully saturated rings. The van der Waals surface area contributed by atoms with Crippen LogP contribution in [0.25, 0.3) is 0 Å². The van der Waals surface area contributed by atoms with Crippen molar-refractivity contribution in [3.8, 4) is 6.07 Å².